The predicted molar refractivity (Wildman–Crippen MR) is 90.6 cm³/mol. The highest BCUT2D eigenvalue weighted by Gasteiger charge is 2.34. The minimum absolute atomic E-state index is 0.00820. The third kappa shape index (κ3) is 2.90. The number of rotatable bonds is 4. The van der Waals surface area contributed by atoms with Crippen LogP contribution in [-0.2, 0) is 4.79 Å². The van der Waals surface area contributed by atoms with Crippen molar-refractivity contribution in [2.75, 3.05) is 0 Å². The van der Waals surface area contributed by atoms with Crippen LogP contribution in [0.5, 0.6) is 0 Å². The van der Waals surface area contributed by atoms with E-state index in [1.54, 1.807) is 25.1 Å². The number of carbonyl (C=O) groups is 1. The minimum atomic E-state index is -0.417. The van der Waals surface area contributed by atoms with E-state index in [-0.39, 0.29) is 17.6 Å². The summed E-state index contributed by atoms with van der Waals surface area (Å²) in [6.07, 6.45) is 0.789. The number of hydrogen-bond donors (Lipinski definition) is 0. The van der Waals surface area contributed by atoms with Crippen molar-refractivity contribution in [2.24, 2.45) is 5.10 Å². The maximum absolute atomic E-state index is 12.3. The molecular formula is C18H17N3O3. The lowest BCUT2D eigenvalue weighted by Crippen LogP contribution is -2.26. The first-order chi connectivity index (χ1) is 11.6. The van der Waals surface area contributed by atoms with Crippen LogP contribution in [0.4, 0.5) is 5.69 Å². The fraction of sp³-hybridized carbons (Fsp3) is 0.222. The van der Waals surface area contributed by atoms with Crippen LogP contribution in [0.1, 0.15) is 36.9 Å². The zero-order chi connectivity index (χ0) is 17.1. The minimum Gasteiger partial charge on any atom is -0.273 e. The molecule has 0 radical (unpaired) electrons. The second-order valence-corrected chi connectivity index (χ2v) is 5.54. The Morgan fingerprint density at radius 3 is 2.54 bits per heavy atom. The normalized spacial score (nSPS) is 16.8. The quantitative estimate of drug-likeness (QED) is 0.636. The summed E-state index contributed by atoms with van der Waals surface area (Å²) < 4.78 is 0. The third-order valence-electron chi connectivity index (χ3n) is 4.06. The van der Waals surface area contributed by atoms with Crippen LogP contribution in [0.2, 0.25) is 0 Å². The summed E-state index contributed by atoms with van der Waals surface area (Å²) in [7, 11) is 0. The van der Waals surface area contributed by atoms with Crippen molar-refractivity contribution in [1.29, 1.82) is 0 Å². The number of hydrazone groups is 1. The number of carbonyl (C=O) groups excluding carboxylic acids is 1. The van der Waals surface area contributed by atoms with Gasteiger partial charge in [0.1, 0.15) is 0 Å². The second kappa shape index (κ2) is 6.62. The molecule has 1 aliphatic heterocycles. The summed E-state index contributed by atoms with van der Waals surface area (Å²) in [5, 5.41) is 17.2. The van der Waals surface area contributed by atoms with E-state index < -0.39 is 4.92 Å². The third-order valence-corrected chi connectivity index (χ3v) is 4.06. The highest BCUT2D eigenvalue weighted by atomic mass is 16.6. The van der Waals surface area contributed by atoms with Crippen LogP contribution in [0.25, 0.3) is 0 Å². The molecule has 0 fully saturated rings. The summed E-state index contributed by atoms with van der Waals surface area (Å²) >= 11 is 0. The van der Waals surface area contributed by atoms with Gasteiger partial charge in [-0.1, -0.05) is 49.4 Å². The smallest absolute Gasteiger partial charge is 0.273 e. The molecule has 0 saturated heterocycles. The van der Waals surface area contributed by atoms with Crippen molar-refractivity contribution in [1.82, 2.24) is 5.01 Å². The summed E-state index contributed by atoms with van der Waals surface area (Å²) in [6.45, 7) is 1.78. The first-order valence-corrected chi connectivity index (χ1v) is 7.80. The second-order valence-electron chi connectivity index (χ2n) is 5.54. The van der Waals surface area contributed by atoms with Gasteiger partial charge in [0.15, 0.2) is 0 Å². The molecule has 122 valence electrons. The molecule has 1 atom stereocenters. The van der Waals surface area contributed by atoms with Gasteiger partial charge in [-0.15, -0.1) is 0 Å². The molecule has 2 aromatic rings. The van der Waals surface area contributed by atoms with Gasteiger partial charge in [-0.3, -0.25) is 14.9 Å². The molecule has 0 bridgehead atoms. The summed E-state index contributed by atoms with van der Waals surface area (Å²) in [6, 6.07) is 15.9. The number of hydrogen-bond acceptors (Lipinski definition) is 4. The maximum Gasteiger partial charge on any atom is 0.278 e. The van der Waals surface area contributed by atoms with Crippen molar-refractivity contribution in [2.45, 2.75) is 25.8 Å². The van der Waals surface area contributed by atoms with Gasteiger partial charge in [0, 0.05) is 18.9 Å². The van der Waals surface area contributed by atoms with E-state index in [0.717, 1.165) is 5.56 Å². The molecule has 24 heavy (non-hydrogen) atoms. The maximum atomic E-state index is 12.3. The Labute approximate surface area is 139 Å². The molecule has 1 aliphatic rings. The van der Waals surface area contributed by atoms with Crippen molar-refractivity contribution in [3.05, 3.63) is 75.8 Å². The Morgan fingerprint density at radius 2 is 1.88 bits per heavy atom. The number of para-hydroxylation sites is 1. The molecule has 1 heterocycles. The molecule has 0 N–H and O–H groups in total. The van der Waals surface area contributed by atoms with Crippen molar-refractivity contribution >= 4 is 17.3 Å². The Balaban J connectivity index is 2.02. The van der Waals surface area contributed by atoms with E-state index in [0.29, 0.717) is 24.1 Å². The zero-order valence-corrected chi connectivity index (χ0v) is 13.3. The lowest BCUT2D eigenvalue weighted by atomic mass is 9.97. The molecule has 2 aromatic carbocycles. The lowest BCUT2D eigenvalue weighted by molar-refractivity contribution is -0.385. The Bertz CT molecular complexity index is 802. The monoisotopic (exact) mass is 323 g/mol. The van der Waals surface area contributed by atoms with Crippen molar-refractivity contribution in [3.63, 3.8) is 0 Å². The summed E-state index contributed by atoms with van der Waals surface area (Å²) in [5.74, 6) is -0.0996. The fourth-order valence-corrected chi connectivity index (χ4v) is 2.88. The molecule has 0 spiro atoms. The first-order valence-electron chi connectivity index (χ1n) is 7.80. The molecule has 0 aliphatic carbocycles. The lowest BCUT2D eigenvalue weighted by Gasteiger charge is -2.21. The predicted octanol–water partition coefficient (Wildman–Crippen LogP) is 3.68. The molecule has 0 saturated carbocycles. The van der Waals surface area contributed by atoms with E-state index in [1.165, 1.54) is 11.1 Å². The zero-order valence-electron chi connectivity index (χ0n) is 13.3. The van der Waals surface area contributed by atoms with Crippen molar-refractivity contribution in [3.8, 4) is 0 Å². The molecule has 3 rings (SSSR count). The van der Waals surface area contributed by atoms with Gasteiger partial charge < -0.3 is 0 Å². The first kappa shape index (κ1) is 15.9. The number of nitro groups is 1. The van der Waals surface area contributed by atoms with E-state index >= 15 is 0 Å². The topological polar surface area (TPSA) is 75.8 Å². The van der Waals surface area contributed by atoms with E-state index in [1.807, 2.05) is 30.3 Å². The van der Waals surface area contributed by atoms with Crippen LogP contribution in [0, 0.1) is 10.1 Å². The van der Waals surface area contributed by atoms with E-state index in [9.17, 15) is 14.9 Å². The average Bonchev–Trinajstić information content (AvgIpc) is 3.07. The Kier molecular flexibility index (Phi) is 4.37. The van der Waals surface area contributed by atoms with Crippen LogP contribution in [-0.4, -0.2) is 21.6 Å². The molecule has 6 heteroatoms. The number of amides is 1. The molecule has 1 unspecified atom stereocenters. The average molecular weight is 323 g/mol. The Hall–Kier alpha value is -3.02. The molecule has 1 amide bonds. The van der Waals surface area contributed by atoms with Gasteiger partial charge in [0.05, 0.1) is 22.2 Å². The summed E-state index contributed by atoms with van der Waals surface area (Å²) in [4.78, 5) is 23.1. The molecule has 0 aromatic heterocycles. The number of nitrogens with zero attached hydrogens (tertiary/aromatic N) is 3. The van der Waals surface area contributed by atoms with E-state index in [4.69, 9.17) is 0 Å². The fourth-order valence-electron chi connectivity index (χ4n) is 2.88. The highest BCUT2D eigenvalue weighted by Crippen LogP contribution is 2.35. The van der Waals surface area contributed by atoms with Gasteiger partial charge in [0.25, 0.3) is 5.69 Å². The van der Waals surface area contributed by atoms with Gasteiger partial charge in [0.2, 0.25) is 5.91 Å². The van der Waals surface area contributed by atoms with Gasteiger partial charge >= 0.3 is 0 Å². The summed E-state index contributed by atoms with van der Waals surface area (Å²) in [5.41, 5.74) is 2.01. The highest BCUT2D eigenvalue weighted by molar-refractivity contribution is 6.06. The SMILES string of the molecule is CCC(=O)N1N=C(c2ccccc2[N+](=O)[O-])CC1c1ccccc1. The van der Waals surface area contributed by atoms with Crippen LogP contribution >= 0.6 is 0 Å². The van der Waals surface area contributed by atoms with Gasteiger partial charge in [-0.25, -0.2) is 5.01 Å². The van der Waals surface area contributed by atoms with Crippen LogP contribution in [0.15, 0.2) is 59.7 Å². The largest absolute Gasteiger partial charge is 0.278 e. The van der Waals surface area contributed by atoms with Gasteiger partial charge in [-0.05, 0) is 11.6 Å². The van der Waals surface area contributed by atoms with Crippen molar-refractivity contribution < 1.29 is 9.72 Å². The number of nitro benzene ring substituents is 1. The molecular weight excluding hydrogens is 306 g/mol. The van der Waals surface area contributed by atoms with Gasteiger partial charge in [-0.2, -0.15) is 5.10 Å². The van der Waals surface area contributed by atoms with Crippen LogP contribution < -0.4 is 0 Å². The van der Waals surface area contributed by atoms with E-state index in [2.05, 4.69) is 5.10 Å². The molecule has 6 nitrogen and oxygen atoms in total. The Morgan fingerprint density at radius 1 is 1.21 bits per heavy atom. The van der Waals surface area contributed by atoms with Crippen LogP contribution in [0.3, 0.4) is 0 Å². The number of benzene rings is 2. The standard InChI is InChI=1S/C18H17N3O3/c1-2-18(22)20-17(13-8-4-3-5-9-13)12-15(19-20)14-10-6-7-11-16(14)21(23)24/h3-11,17H,2,12H2,1H3.